The minimum Gasteiger partial charge on any atom is -0.386 e. The van der Waals surface area contributed by atoms with Crippen molar-refractivity contribution < 1.29 is 13.2 Å². The van der Waals surface area contributed by atoms with Crippen LogP contribution in [0.15, 0.2) is 34.2 Å². The van der Waals surface area contributed by atoms with E-state index >= 15 is 0 Å². The Morgan fingerprint density at radius 3 is 2.60 bits per heavy atom. The van der Waals surface area contributed by atoms with E-state index in [1.165, 1.54) is 12.1 Å². The first-order valence-corrected chi connectivity index (χ1v) is 7.99. The predicted octanol–water partition coefficient (Wildman–Crippen LogP) is 1.23. The first-order valence-electron chi connectivity index (χ1n) is 5.97. The minimum absolute atomic E-state index is 0.126. The summed E-state index contributed by atoms with van der Waals surface area (Å²) in [4.78, 5) is 4.20. The lowest BCUT2D eigenvalue weighted by molar-refractivity contribution is 0.196. The molecule has 8 heteroatoms. The highest BCUT2D eigenvalue weighted by Gasteiger charge is 2.12. The second-order valence-electron chi connectivity index (χ2n) is 3.97. The second kappa shape index (κ2) is 8.21. The molecular weight excluding hydrogens is 302 g/mol. The van der Waals surface area contributed by atoms with Crippen molar-refractivity contribution in [3.05, 3.63) is 24.3 Å². The van der Waals surface area contributed by atoms with Crippen molar-refractivity contribution in [1.82, 2.24) is 4.72 Å². The fourth-order valence-corrected chi connectivity index (χ4v) is 2.54. The van der Waals surface area contributed by atoms with Gasteiger partial charge in [-0.3, -0.25) is 0 Å². The maximum absolute atomic E-state index is 12.0. The third-order valence-corrected chi connectivity index (χ3v) is 4.12. The van der Waals surface area contributed by atoms with E-state index in [1.807, 2.05) is 0 Å². The molecule has 1 aromatic carbocycles. The number of benzene rings is 1. The van der Waals surface area contributed by atoms with E-state index < -0.39 is 10.0 Å². The SMILES string of the molecule is COCCCNS(=O)(=O)c1ccc(N=C(N)CCl)cc1. The molecule has 0 radical (unpaired) electrons. The van der Waals surface area contributed by atoms with E-state index in [0.717, 1.165) is 0 Å². The molecule has 0 heterocycles. The first-order chi connectivity index (χ1) is 9.49. The average molecular weight is 320 g/mol. The van der Waals surface area contributed by atoms with Crippen LogP contribution in [0.2, 0.25) is 0 Å². The van der Waals surface area contributed by atoms with E-state index in [-0.39, 0.29) is 16.6 Å². The van der Waals surface area contributed by atoms with Gasteiger partial charge in [-0.1, -0.05) is 0 Å². The van der Waals surface area contributed by atoms with Crippen LogP contribution < -0.4 is 10.5 Å². The van der Waals surface area contributed by atoms with E-state index in [4.69, 9.17) is 22.1 Å². The van der Waals surface area contributed by atoms with Crippen molar-refractivity contribution in [1.29, 1.82) is 0 Å². The Hall–Kier alpha value is -1.15. The van der Waals surface area contributed by atoms with Crippen molar-refractivity contribution in [2.75, 3.05) is 26.1 Å². The number of rotatable bonds is 8. The summed E-state index contributed by atoms with van der Waals surface area (Å²) >= 11 is 5.52. The zero-order valence-electron chi connectivity index (χ0n) is 11.2. The lowest BCUT2D eigenvalue weighted by atomic mass is 10.3. The summed E-state index contributed by atoms with van der Waals surface area (Å²) in [5.41, 5.74) is 6.06. The molecule has 0 aliphatic heterocycles. The fourth-order valence-electron chi connectivity index (χ4n) is 1.40. The van der Waals surface area contributed by atoms with Crippen molar-refractivity contribution in [3.63, 3.8) is 0 Å². The third-order valence-electron chi connectivity index (χ3n) is 2.37. The number of aliphatic imine (C=N–C) groups is 1. The van der Waals surface area contributed by atoms with Crippen molar-refractivity contribution in [2.45, 2.75) is 11.3 Å². The van der Waals surface area contributed by atoms with Gasteiger partial charge < -0.3 is 10.5 Å². The van der Waals surface area contributed by atoms with E-state index in [1.54, 1.807) is 19.2 Å². The number of methoxy groups -OCH3 is 1. The molecule has 0 bridgehead atoms. The largest absolute Gasteiger partial charge is 0.386 e. The number of ether oxygens (including phenoxy) is 1. The fraction of sp³-hybridized carbons (Fsp3) is 0.417. The van der Waals surface area contributed by atoms with Gasteiger partial charge in [0.25, 0.3) is 0 Å². The smallest absolute Gasteiger partial charge is 0.240 e. The van der Waals surface area contributed by atoms with Gasteiger partial charge in [-0.15, -0.1) is 11.6 Å². The van der Waals surface area contributed by atoms with Crippen LogP contribution in [0.25, 0.3) is 0 Å². The van der Waals surface area contributed by atoms with E-state index in [9.17, 15) is 8.42 Å². The number of sulfonamides is 1. The number of hydrogen-bond acceptors (Lipinski definition) is 4. The molecule has 3 N–H and O–H groups in total. The molecule has 0 fully saturated rings. The molecule has 1 aromatic rings. The Morgan fingerprint density at radius 2 is 2.05 bits per heavy atom. The second-order valence-corrected chi connectivity index (χ2v) is 6.01. The molecule has 0 amide bonds. The van der Waals surface area contributed by atoms with Crippen molar-refractivity contribution >= 4 is 33.1 Å². The number of nitrogens with zero attached hydrogens (tertiary/aromatic N) is 1. The standard InChI is InChI=1S/C12H18ClN3O3S/c1-19-8-2-7-15-20(17,18)11-5-3-10(4-6-11)16-12(14)9-13/h3-6,15H,2,7-9H2,1H3,(H2,14,16). The summed E-state index contributed by atoms with van der Waals surface area (Å²) in [6, 6.07) is 6.09. The molecule has 112 valence electrons. The lowest BCUT2D eigenvalue weighted by Gasteiger charge is -2.06. The zero-order valence-corrected chi connectivity index (χ0v) is 12.7. The van der Waals surface area contributed by atoms with Gasteiger partial charge in [0.1, 0.15) is 5.84 Å². The minimum atomic E-state index is -3.50. The maximum Gasteiger partial charge on any atom is 0.240 e. The average Bonchev–Trinajstić information content (AvgIpc) is 2.44. The Balaban J connectivity index is 2.72. The van der Waals surface area contributed by atoms with Crippen LogP contribution in [-0.2, 0) is 14.8 Å². The number of hydrogen-bond donors (Lipinski definition) is 2. The van der Waals surface area contributed by atoms with Crippen molar-refractivity contribution in [2.24, 2.45) is 10.7 Å². The summed E-state index contributed by atoms with van der Waals surface area (Å²) in [6.45, 7) is 0.836. The van der Waals surface area contributed by atoms with Gasteiger partial charge in [0.05, 0.1) is 16.5 Å². The molecule has 0 aliphatic carbocycles. The Morgan fingerprint density at radius 1 is 1.40 bits per heavy atom. The highest BCUT2D eigenvalue weighted by molar-refractivity contribution is 7.89. The number of halogens is 1. The monoisotopic (exact) mass is 319 g/mol. The number of nitrogens with one attached hydrogen (secondary N) is 1. The molecule has 0 atom stereocenters. The van der Waals surface area contributed by atoms with Crippen LogP contribution >= 0.6 is 11.6 Å². The molecule has 0 saturated heterocycles. The molecule has 0 aromatic heterocycles. The van der Waals surface area contributed by atoms with Gasteiger partial charge in [-0.25, -0.2) is 18.1 Å². The summed E-state index contributed by atoms with van der Waals surface area (Å²) in [5, 5.41) is 0. The topological polar surface area (TPSA) is 93.8 Å². The molecule has 1 rings (SSSR count). The van der Waals surface area contributed by atoms with Gasteiger partial charge in [0.15, 0.2) is 0 Å². The Labute approximate surface area is 124 Å². The third kappa shape index (κ3) is 5.46. The number of alkyl halides is 1. The highest BCUT2D eigenvalue weighted by Crippen LogP contribution is 2.16. The molecule has 0 spiro atoms. The van der Waals surface area contributed by atoms with E-state index in [0.29, 0.717) is 25.3 Å². The Bertz CT molecular complexity index is 544. The van der Waals surface area contributed by atoms with Crippen LogP contribution in [0.1, 0.15) is 6.42 Å². The van der Waals surface area contributed by atoms with Gasteiger partial charge in [-0.2, -0.15) is 0 Å². The van der Waals surface area contributed by atoms with Gasteiger partial charge in [-0.05, 0) is 30.7 Å². The van der Waals surface area contributed by atoms with Gasteiger partial charge in [0.2, 0.25) is 10.0 Å². The molecular formula is C12H18ClN3O3S. The zero-order chi connectivity index (χ0) is 15.0. The normalized spacial score (nSPS) is 12.6. The van der Waals surface area contributed by atoms with Gasteiger partial charge >= 0.3 is 0 Å². The molecule has 6 nitrogen and oxygen atoms in total. The lowest BCUT2D eigenvalue weighted by Crippen LogP contribution is -2.25. The summed E-state index contributed by atoms with van der Waals surface area (Å²) in [6.07, 6.45) is 0.615. The number of nitrogens with two attached hydrogens (primary N) is 1. The summed E-state index contributed by atoms with van der Waals surface area (Å²) in [7, 11) is -1.93. The van der Waals surface area contributed by atoms with Crippen LogP contribution in [0.3, 0.4) is 0 Å². The molecule has 0 saturated carbocycles. The first kappa shape index (κ1) is 16.9. The Kier molecular flexibility index (Phi) is 6.94. The highest BCUT2D eigenvalue weighted by atomic mass is 35.5. The maximum atomic E-state index is 12.0. The van der Waals surface area contributed by atoms with Crippen LogP contribution in [-0.4, -0.2) is 40.4 Å². The molecule has 20 heavy (non-hydrogen) atoms. The molecule has 0 aliphatic rings. The predicted molar refractivity (Wildman–Crippen MR) is 80.1 cm³/mol. The summed E-state index contributed by atoms with van der Waals surface area (Å²) in [5.74, 6) is 0.404. The van der Waals surface area contributed by atoms with E-state index in [2.05, 4.69) is 9.71 Å². The van der Waals surface area contributed by atoms with Crippen molar-refractivity contribution in [3.8, 4) is 0 Å². The van der Waals surface area contributed by atoms with Crippen LogP contribution in [0.4, 0.5) is 5.69 Å². The quantitative estimate of drug-likeness (QED) is 0.326. The summed E-state index contributed by atoms with van der Waals surface area (Å²) < 4.78 is 31.2. The number of amidine groups is 1. The van der Waals surface area contributed by atoms with Gasteiger partial charge in [0, 0.05) is 20.3 Å². The van der Waals surface area contributed by atoms with Crippen LogP contribution in [0.5, 0.6) is 0 Å². The molecule has 0 unspecified atom stereocenters. The van der Waals surface area contributed by atoms with Crippen LogP contribution in [0, 0.1) is 0 Å².